The zero-order chi connectivity index (χ0) is 21.0. The SMILES string of the molecule is CNC(=O)OCC(=O)N[C@@H]1[C@@H](O)[C@H](O)[C@H](Nc2ncnc3nc[nH]c23)O[C@H]1CO. The lowest BCUT2D eigenvalue weighted by atomic mass is 9.95. The molecule has 158 valence electrons. The monoisotopic (exact) mass is 411 g/mol. The first-order chi connectivity index (χ1) is 13.9. The minimum atomic E-state index is -1.50. The highest BCUT2D eigenvalue weighted by molar-refractivity contribution is 5.82. The van der Waals surface area contributed by atoms with E-state index in [-0.39, 0.29) is 5.82 Å². The fourth-order valence-corrected chi connectivity index (χ4v) is 2.86. The molecule has 1 fully saturated rings. The Morgan fingerprint density at radius 1 is 1.28 bits per heavy atom. The number of hydrogen-bond acceptors (Lipinski definition) is 11. The third-order valence-corrected chi connectivity index (χ3v) is 4.30. The summed E-state index contributed by atoms with van der Waals surface area (Å²) in [5, 5.41) is 37.9. The molecular weight excluding hydrogens is 390 g/mol. The molecule has 29 heavy (non-hydrogen) atoms. The summed E-state index contributed by atoms with van der Waals surface area (Å²) in [4.78, 5) is 37.8. The number of ether oxygens (including phenoxy) is 2. The van der Waals surface area contributed by atoms with Crippen LogP contribution in [0.2, 0.25) is 0 Å². The molecule has 0 unspecified atom stereocenters. The number of carbonyl (C=O) groups excluding carboxylic acids is 2. The molecule has 2 amide bonds. The van der Waals surface area contributed by atoms with Crippen molar-refractivity contribution in [1.82, 2.24) is 30.6 Å². The van der Waals surface area contributed by atoms with Crippen molar-refractivity contribution in [3.8, 4) is 0 Å². The lowest BCUT2D eigenvalue weighted by molar-refractivity contribution is -0.185. The fraction of sp³-hybridized carbons (Fsp3) is 0.533. The number of amides is 2. The number of fused-ring (bicyclic) bond motifs is 1. The van der Waals surface area contributed by atoms with Gasteiger partial charge >= 0.3 is 6.09 Å². The van der Waals surface area contributed by atoms with Crippen LogP contribution in [-0.2, 0) is 14.3 Å². The van der Waals surface area contributed by atoms with E-state index in [4.69, 9.17) is 4.74 Å². The van der Waals surface area contributed by atoms with Crippen molar-refractivity contribution in [2.75, 3.05) is 25.6 Å². The maximum Gasteiger partial charge on any atom is 0.407 e. The highest BCUT2D eigenvalue weighted by Gasteiger charge is 2.45. The molecule has 0 bridgehead atoms. The molecule has 5 atom stereocenters. The van der Waals surface area contributed by atoms with Crippen molar-refractivity contribution in [2.45, 2.75) is 30.6 Å². The van der Waals surface area contributed by atoms with Crippen LogP contribution in [0.1, 0.15) is 0 Å². The van der Waals surface area contributed by atoms with E-state index in [1.165, 1.54) is 19.7 Å². The number of aliphatic hydroxyl groups excluding tert-OH is 3. The van der Waals surface area contributed by atoms with Crippen LogP contribution in [0.5, 0.6) is 0 Å². The smallest absolute Gasteiger partial charge is 0.407 e. The van der Waals surface area contributed by atoms with Gasteiger partial charge in [-0.2, -0.15) is 0 Å². The van der Waals surface area contributed by atoms with Gasteiger partial charge in [-0.25, -0.2) is 19.7 Å². The lowest BCUT2D eigenvalue weighted by Gasteiger charge is -2.42. The van der Waals surface area contributed by atoms with E-state index in [1.807, 2.05) is 0 Å². The Balaban J connectivity index is 1.68. The number of imidazole rings is 1. The summed E-state index contributed by atoms with van der Waals surface area (Å²) in [5.74, 6) is -0.477. The Bertz CT molecular complexity index is 860. The van der Waals surface area contributed by atoms with Crippen molar-refractivity contribution < 1.29 is 34.4 Å². The van der Waals surface area contributed by atoms with Gasteiger partial charge in [-0.3, -0.25) is 4.79 Å². The number of anilines is 1. The number of rotatable bonds is 6. The van der Waals surface area contributed by atoms with Crippen molar-refractivity contribution in [1.29, 1.82) is 0 Å². The fourth-order valence-electron chi connectivity index (χ4n) is 2.86. The highest BCUT2D eigenvalue weighted by Crippen LogP contribution is 2.24. The van der Waals surface area contributed by atoms with Gasteiger partial charge in [0.2, 0.25) is 0 Å². The molecule has 14 nitrogen and oxygen atoms in total. The molecule has 0 spiro atoms. The molecule has 3 rings (SSSR count). The summed E-state index contributed by atoms with van der Waals surface area (Å²) in [5.41, 5.74) is 0.841. The number of H-pyrrole nitrogens is 1. The van der Waals surface area contributed by atoms with Gasteiger partial charge in [0.15, 0.2) is 24.3 Å². The molecule has 1 saturated heterocycles. The van der Waals surface area contributed by atoms with Gasteiger partial charge < -0.3 is 45.7 Å². The average Bonchev–Trinajstić information content (AvgIpc) is 3.21. The quantitative estimate of drug-likeness (QED) is 0.256. The molecule has 1 aliphatic rings. The van der Waals surface area contributed by atoms with Crippen LogP contribution in [0.25, 0.3) is 11.2 Å². The van der Waals surface area contributed by atoms with Gasteiger partial charge in [0, 0.05) is 7.05 Å². The van der Waals surface area contributed by atoms with Gasteiger partial charge in [0.05, 0.1) is 19.0 Å². The second kappa shape index (κ2) is 8.95. The summed E-state index contributed by atoms with van der Waals surface area (Å²) in [6.07, 6.45) is -3.33. The lowest BCUT2D eigenvalue weighted by Crippen LogP contribution is -2.66. The van der Waals surface area contributed by atoms with E-state index in [1.54, 1.807) is 0 Å². The summed E-state index contributed by atoms with van der Waals surface area (Å²) in [6, 6.07) is -1.15. The zero-order valence-electron chi connectivity index (χ0n) is 15.3. The second-order valence-electron chi connectivity index (χ2n) is 6.15. The predicted octanol–water partition coefficient (Wildman–Crippen LogP) is -2.96. The molecular formula is C15H21N7O7. The van der Waals surface area contributed by atoms with Crippen LogP contribution in [0.4, 0.5) is 10.6 Å². The average molecular weight is 411 g/mol. The van der Waals surface area contributed by atoms with Gasteiger partial charge in [-0.15, -0.1) is 0 Å². The number of nitrogens with zero attached hydrogens (tertiary/aromatic N) is 3. The third kappa shape index (κ3) is 4.51. The number of alkyl carbamates (subject to hydrolysis) is 1. The van der Waals surface area contributed by atoms with Gasteiger partial charge in [0.25, 0.3) is 5.91 Å². The van der Waals surface area contributed by atoms with Crippen LogP contribution in [0, 0.1) is 0 Å². The highest BCUT2D eigenvalue weighted by atomic mass is 16.6. The van der Waals surface area contributed by atoms with Gasteiger partial charge in [0.1, 0.15) is 30.2 Å². The molecule has 0 radical (unpaired) electrons. The molecule has 2 aromatic rings. The molecule has 0 aliphatic carbocycles. The molecule has 2 aromatic heterocycles. The molecule has 0 aromatic carbocycles. The Hall–Kier alpha value is -3.07. The largest absolute Gasteiger partial charge is 0.439 e. The zero-order valence-corrected chi connectivity index (χ0v) is 15.3. The first-order valence-corrected chi connectivity index (χ1v) is 8.61. The van der Waals surface area contributed by atoms with Crippen LogP contribution in [-0.4, -0.2) is 98.1 Å². The number of aromatic nitrogens is 4. The minimum Gasteiger partial charge on any atom is -0.439 e. The van der Waals surface area contributed by atoms with Crippen LogP contribution < -0.4 is 16.0 Å². The molecule has 1 aliphatic heterocycles. The predicted molar refractivity (Wildman–Crippen MR) is 95.4 cm³/mol. The normalized spacial score (nSPS) is 26.7. The maximum absolute atomic E-state index is 11.9. The van der Waals surface area contributed by atoms with Crippen molar-refractivity contribution in [2.24, 2.45) is 0 Å². The second-order valence-corrected chi connectivity index (χ2v) is 6.15. The number of nitrogens with one attached hydrogen (secondary N) is 4. The minimum absolute atomic E-state index is 0.266. The van der Waals surface area contributed by atoms with Crippen molar-refractivity contribution in [3.63, 3.8) is 0 Å². The first kappa shape index (κ1) is 20.7. The van der Waals surface area contributed by atoms with E-state index < -0.39 is 55.8 Å². The molecule has 3 heterocycles. The topological polar surface area (TPSA) is 204 Å². The van der Waals surface area contributed by atoms with E-state index in [9.17, 15) is 24.9 Å². The van der Waals surface area contributed by atoms with E-state index >= 15 is 0 Å². The summed E-state index contributed by atoms with van der Waals surface area (Å²) < 4.78 is 10.2. The van der Waals surface area contributed by atoms with Gasteiger partial charge in [-0.1, -0.05) is 0 Å². The number of aliphatic hydroxyl groups is 3. The van der Waals surface area contributed by atoms with Crippen LogP contribution >= 0.6 is 0 Å². The number of carbonyl (C=O) groups is 2. The Kier molecular flexibility index (Phi) is 6.38. The summed E-state index contributed by atoms with van der Waals surface area (Å²) in [6.45, 7) is -1.18. The standard InChI is InChI=1S/C15H21N7O7/c1-16-15(27)28-3-7(24)21-8-6(2-23)29-14(11(26)10(8)25)22-13-9-12(18-4-17-9)19-5-20-13/h4-6,8,10-11,14,23,25-26H,2-3H2,1H3,(H,16,27)(H,21,24)(H2,17,18,19,20,22)/t6-,8-,10+,11-,14+/m0/s1. The van der Waals surface area contributed by atoms with Crippen LogP contribution in [0.15, 0.2) is 12.7 Å². The van der Waals surface area contributed by atoms with E-state index in [0.29, 0.717) is 11.2 Å². The number of hydrogen-bond donors (Lipinski definition) is 7. The first-order valence-electron chi connectivity index (χ1n) is 8.61. The molecule has 14 heteroatoms. The number of aromatic amines is 1. The third-order valence-electron chi connectivity index (χ3n) is 4.30. The Morgan fingerprint density at radius 2 is 2.07 bits per heavy atom. The molecule has 7 N–H and O–H groups in total. The van der Waals surface area contributed by atoms with E-state index in [2.05, 4.69) is 40.6 Å². The van der Waals surface area contributed by atoms with Crippen molar-refractivity contribution >= 4 is 29.0 Å². The van der Waals surface area contributed by atoms with Crippen molar-refractivity contribution in [3.05, 3.63) is 12.7 Å². The summed E-state index contributed by atoms with van der Waals surface area (Å²) in [7, 11) is 1.33. The Labute approximate surface area is 163 Å². The molecule has 0 saturated carbocycles. The summed E-state index contributed by atoms with van der Waals surface area (Å²) >= 11 is 0. The Morgan fingerprint density at radius 3 is 2.79 bits per heavy atom. The van der Waals surface area contributed by atoms with Crippen LogP contribution in [0.3, 0.4) is 0 Å². The maximum atomic E-state index is 11.9. The van der Waals surface area contributed by atoms with E-state index in [0.717, 1.165) is 0 Å². The van der Waals surface area contributed by atoms with Gasteiger partial charge in [-0.05, 0) is 0 Å².